The summed E-state index contributed by atoms with van der Waals surface area (Å²) in [7, 11) is 0. The van der Waals surface area contributed by atoms with Gasteiger partial charge in [-0.1, -0.05) is 60.6 Å². The zero-order valence-electron chi connectivity index (χ0n) is 18.9. The Labute approximate surface area is 217 Å². The lowest BCUT2D eigenvalue weighted by Crippen LogP contribution is -2.32. The van der Waals surface area contributed by atoms with Crippen LogP contribution in [0.5, 0.6) is 5.88 Å². The predicted molar refractivity (Wildman–Crippen MR) is 140 cm³/mol. The molecule has 1 amide bonds. The van der Waals surface area contributed by atoms with Crippen molar-refractivity contribution >= 4 is 57.7 Å². The summed E-state index contributed by atoms with van der Waals surface area (Å²) in [5.74, 6) is -1.17. The second-order valence-corrected chi connectivity index (χ2v) is 10.6. The van der Waals surface area contributed by atoms with Gasteiger partial charge >= 0.3 is 0 Å². The van der Waals surface area contributed by atoms with Crippen molar-refractivity contribution in [2.45, 2.75) is 45.1 Å². The first-order valence-corrected chi connectivity index (χ1v) is 12.8. The summed E-state index contributed by atoms with van der Waals surface area (Å²) in [5, 5.41) is 21.1. The van der Waals surface area contributed by atoms with Crippen LogP contribution in [-0.2, 0) is 4.79 Å². The Balaban J connectivity index is 1.57. The van der Waals surface area contributed by atoms with Crippen LogP contribution in [0.1, 0.15) is 65.2 Å². The molecule has 180 valence electrons. The number of thiocarbonyl (C=S) groups is 1. The SMILES string of the molecule is Cc1c(C(=O)CCN2C(=O)/C(=C/c3ccc(Cl)cc3)SC2=S)c(O)n(C2CCCC2)c(=O)c1C#N. The molecule has 1 N–H and O–H groups in total. The molecule has 0 bridgehead atoms. The van der Waals surface area contributed by atoms with E-state index < -0.39 is 17.2 Å². The van der Waals surface area contributed by atoms with Crippen molar-refractivity contribution in [3.63, 3.8) is 0 Å². The van der Waals surface area contributed by atoms with Crippen LogP contribution in [0.4, 0.5) is 0 Å². The Hall–Kier alpha value is -2.93. The molecule has 2 fully saturated rings. The maximum atomic E-state index is 13.2. The van der Waals surface area contributed by atoms with Gasteiger partial charge in [0.2, 0.25) is 5.88 Å². The molecule has 1 saturated carbocycles. The van der Waals surface area contributed by atoms with E-state index in [2.05, 4.69) is 0 Å². The fourth-order valence-corrected chi connectivity index (χ4v) is 5.93. The summed E-state index contributed by atoms with van der Waals surface area (Å²) >= 11 is 12.4. The van der Waals surface area contributed by atoms with Crippen molar-refractivity contribution in [2.24, 2.45) is 0 Å². The maximum Gasteiger partial charge on any atom is 0.271 e. The zero-order valence-corrected chi connectivity index (χ0v) is 21.3. The Morgan fingerprint density at radius 1 is 1.29 bits per heavy atom. The topological polar surface area (TPSA) is 103 Å². The minimum Gasteiger partial charge on any atom is -0.494 e. The molecule has 1 aromatic heterocycles. The average Bonchev–Trinajstić information content (AvgIpc) is 3.43. The van der Waals surface area contributed by atoms with Crippen LogP contribution >= 0.6 is 35.6 Å². The van der Waals surface area contributed by atoms with E-state index in [1.807, 2.05) is 6.07 Å². The van der Waals surface area contributed by atoms with Crippen LogP contribution in [0.15, 0.2) is 34.0 Å². The Bertz CT molecular complexity index is 1350. The number of hydrogen-bond donors (Lipinski definition) is 1. The highest BCUT2D eigenvalue weighted by Crippen LogP contribution is 2.35. The number of carbonyl (C=O) groups excluding carboxylic acids is 2. The Morgan fingerprint density at radius 3 is 2.57 bits per heavy atom. The molecule has 1 aromatic carbocycles. The molecule has 10 heteroatoms. The first kappa shape index (κ1) is 25.2. The number of benzene rings is 1. The second kappa shape index (κ2) is 10.4. The third-order valence-electron chi connectivity index (χ3n) is 6.32. The molecule has 0 radical (unpaired) electrons. The number of aromatic hydroxyl groups is 1. The number of Topliss-reactive ketones (excluding diaryl/α,β-unsaturated/α-hetero) is 1. The summed E-state index contributed by atoms with van der Waals surface area (Å²) in [6.45, 7) is 1.51. The monoisotopic (exact) mass is 527 g/mol. The van der Waals surface area contributed by atoms with Gasteiger partial charge in [0, 0.05) is 24.0 Å². The van der Waals surface area contributed by atoms with Crippen LogP contribution in [0.2, 0.25) is 5.02 Å². The Morgan fingerprint density at radius 2 is 1.94 bits per heavy atom. The zero-order chi connectivity index (χ0) is 25.3. The summed E-state index contributed by atoms with van der Waals surface area (Å²) in [5.41, 5.74) is 0.187. The van der Waals surface area contributed by atoms with Crippen LogP contribution in [-0.4, -0.2) is 37.1 Å². The molecule has 2 aliphatic rings. The predicted octanol–water partition coefficient (Wildman–Crippen LogP) is 4.98. The maximum absolute atomic E-state index is 13.2. The lowest BCUT2D eigenvalue weighted by atomic mass is 9.99. The molecule has 1 aliphatic carbocycles. The molecule has 1 saturated heterocycles. The van der Waals surface area contributed by atoms with E-state index in [1.165, 1.54) is 16.4 Å². The fraction of sp³-hybridized carbons (Fsp3) is 0.320. The molecule has 2 heterocycles. The molecule has 2 aromatic rings. The van der Waals surface area contributed by atoms with E-state index in [9.17, 15) is 24.8 Å². The van der Waals surface area contributed by atoms with E-state index in [0.29, 0.717) is 27.1 Å². The number of hydrogen-bond acceptors (Lipinski definition) is 7. The van der Waals surface area contributed by atoms with E-state index in [0.717, 1.165) is 30.2 Å². The van der Waals surface area contributed by atoms with E-state index in [4.69, 9.17) is 23.8 Å². The first-order valence-electron chi connectivity index (χ1n) is 11.1. The van der Waals surface area contributed by atoms with Crippen molar-refractivity contribution < 1.29 is 14.7 Å². The molecular formula is C25H22ClN3O4S2. The average molecular weight is 528 g/mol. The molecule has 0 atom stereocenters. The van der Waals surface area contributed by atoms with Gasteiger partial charge in [-0.3, -0.25) is 23.9 Å². The lowest BCUT2D eigenvalue weighted by molar-refractivity contribution is -0.122. The molecule has 7 nitrogen and oxygen atoms in total. The van der Waals surface area contributed by atoms with Crippen molar-refractivity contribution in [1.82, 2.24) is 9.47 Å². The summed E-state index contributed by atoms with van der Waals surface area (Å²) in [6.07, 6.45) is 4.81. The van der Waals surface area contributed by atoms with Crippen LogP contribution in [0.25, 0.3) is 6.08 Å². The largest absolute Gasteiger partial charge is 0.494 e. The third-order valence-corrected chi connectivity index (χ3v) is 7.95. The minimum absolute atomic E-state index is 0.0186. The summed E-state index contributed by atoms with van der Waals surface area (Å²) in [6, 6.07) is 8.67. The number of halogens is 1. The van der Waals surface area contributed by atoms with Gasteiger partial charge in [-0.2, -0.15) is 5.26 Å². The quantitative estimate of drug-likeness (QED) is 0.321. The molecule has 4 rings (SSSR count). The van der Waals surface area contributed by atoms with Crippen molar-refractivity contribution in [3.8, 4) is 11.9 Å². The number of nitriles is 1. The lowest BCUT2D eigenvalue weighted by Gasteiger charge is -2.20. The standard InChI is InChI=1S/C25H22ClN3O4S2/c1-14-18(13-27)22(31)29(17-4-2-3-5-17)24(33)21(14)19(30)10-11-28-23(32)20(35-25(28)34)12-15-6-8-16(26)9-7-15/h6-9,12,17,33H,2-5,10-11H2,1H3/b20-12-. The van der Waals surface area contributed by atoms with Crippen LogP contribution < -0.4 is 5.56 Å². The van der Waals surface area contributed by atoms with E-state index in [1.54, 1.807) is 30.3 Å². The van der Waals surface area contributed by atoms with E-state index >= 15 is 0 Å². The van der Waals surface area contributed by atoms with Gasteiger partial charge < -0.3 is 5.11 Å². The second-order valence-electron chi connectivity index (χ2n) is 8.48. The van der Waals surface area contributed by atoms with Gasteiger partial charge in [-0.05, 0) is 49.1 Å². The van der Waals surface area contributed by atoms with Crippen molar-refractivity contribution in [2.75, 3.05) is 6.54 Å². The van der Waals surface area contributed by atoms with Crippen LogP contribution in [0.3, 0.4) is 0 Å². The van der Waals surface area contributed by atoms with Crippen molar-refractivity contribution in [1.29, 1.82) is 5.26 Å². The van der Waals surface area contributed by atoms with Gasteiger partial charge in [0.05, 0.1) is 10.5 Å². The normalized spacial score (nSPS) is 17.4. The van der Waals surface area contributed by atoms with E-state index in [-0.39, 0.29) is 41.6 Å². The number of nitrogens with zero attached hydrogens (tertiary/aromatic N) is 3. The molecular weight excluding hydrogens is 506 g/mol. The van der Waals surface area contributed by atoms with Gasteiger partial charge in [0.15, 0.2) is 5.78 Å². The summed E-state index contributed by atoms with van der Waals surface area (Å²) in [4.78, 5) is 40.8. The Kier molecular flexibility index (Phi) is 7.45. The fourth-order valence-electron chi connectivity index (χ4n) is 4.50. The number of rotatable bonds is 6. The highest BCUT2D eigenvalue weighted by atomic mass is 35.5. The number of aromatic nitrogens is 1. The number of ketones is 1. The first-order chi connectivity index (χ1) is 16.7. The van der Waals surface area contributed by atoms with Gasteiger partial charge in [0.25, 0.3) is 11.5 Å². The molecule has 0 spiro atoms. The molecule has 35 heavy (non-hydrogen) atoms. The minimum atomic E-state index is -0.574. The van der Waals surface area contributed by atoms with Gasteiger partial charge in [0.1, 0.15) is 16.0 Å². The van der Waals surface area contributed by atoms with Crippen molar-refractivity contribution in [3.05, 3.63) is 66.8 Å². The number of carbonyl (C=O) groups is 2. The smallest absolute Gasteiger partial charge is 0.271 e. The van der Waals surface area contributed by atoms with Gasteiger partial charge in [-0.15, -0.1) is 0 Å². The van der Waals surface area contributed by atoms with Crippen LogP contribution in [0, 0.1) is 18.3 Å². The summed E-state index contributed by atoms with van der Waals surface area (Å²) < 4.78 is 1.53. The molecule has 0 unspecified atom stereocenters. The number of pyridine rings is 1. The number of amides is 1. The third kappa shape index (κ3) is 4.92. The highest BCUT2D eigenvalue weighted by Gasteiger charge is 2.33. The number of thioether (sulfide) groups is 1. The highest BCUT2D eigenvalue weighted by molar-refractivity contribution is 8.26. The molecule has 1 aliphatic heterocycles. The van der Waals surface area contributed by atoms with Gasteiger partial charge in [-0.25, -0.2) is 0 Å².